The highest BCUT2D eigenvalue weighted by atomic mass is 32.2. The quantitative estimate of drug-likeness (QED) is 0.872. The lowest BCUT2D eigenvalue weighted by atomic mass is 9.91. The lowest BCUT2D eigenvalue weighted by molar-refractivity contribution is 0.239. The number of thiophene rings is 1. The third kappa shape index (κ3) is 4.52. The summed E-state index contributed by atoms with van der Waals surface area (Å²) in [5, 5.41) is 5.71. The lowest BCUT2D eigenvalue weighted by Crippen LogP contribution is -2.40. The Labute approximate surface area is 132 Å². The van der Waals surface area contributed by atoms with Crippen LogP contribution in [0.1, 0.15) is 42.7 Å². The van der Waals surface area contributed by atoms with E-state index in [2.05, 4.69) is 30.6 Å². The van der Waals surface area contributed by atoms with E-state index < -0.39 is 10.0 Å². The largest absolute Gasteiger partial charge is 0.310 e. The standard InChI is InChI=1S/C15H26N2O2S2/c1-4-16-14(15-12(2)7-9-20-15)10-13-6-5-8-17(11-13)21(3,18)19/h7,9,13-14,16H,4-6,8,10-11H2,1-3H3. The van der Waals surface area contributed by atoms with E-state index in [1.165, 1.54) is 16.7 Å². The van der Waals surface area contributed by atoms with Crippen LogP contribution in [-0.2, 0) is 10.0 Å². The summed E-state index contributed by atoms with van der Waals surface area (Å²) in [6.45, 7) is 6.56. The average Bonchev–Trinajstić information content (AvgIpc) is 2.84. The van der Waals surface area contributed by atoms with E-state index in [0.717, 1.165) is 25.8 Å². The normalized spacial score (nSPS) is 22.3. The molecule has 0 amide bonds. The first-order valence-corrected chi connectivity index (χ1v) is 10.4. The predicted molar refractivity (Wildman–Crippen MR) is 89.2 cm³/mol. The lowest BCUT2D eigenvalue weighted by Gasteiger charge is -2.33. The van der Waals surface area contributed by atoms with E-state index in [-0.39, 0.29) is 0 Å². The van der Waals surface area contributed by atoms with Gasteiger partial charge in [0.1, 0.15) is 0 Å². The second-order valence-corrected chi connectivity index (χ2v) is 8.87. The van der Waals surface area contributed by atoms with Crippen molar-refractivity contribution in [1.29, 1.82) is 0 Å². The molecule has 0 bridgehead atoms. The van der Waals surface area contributed by atoms with Crippen LogP contribution in [0.4, 0.5) is 0 Å². The molecule has 2 atom stereocenters. The van der Waals surface area contributed by atoms with Crippen molar-refractivity contribution in [2.24, 2.45) is 5.92 Å². The molecule has 0 spiro atoms. The van der Waals surface area contributed by atoms with Crippen molar-refractivity contribution in [3.8, 4) is 0 Å². The van der Waals surface area contributed by atoms with Crippen LogP contribution in [-0.4, -0.2) is 38.6 Å². The maximum atomic E-state index is 11.7. The van der Waals surface area contributed by atoms with Crippen LogP contribution in [0, 0.1) is 12.8 Å². The molecule has 1 aliphatic rings. The van der Waals surface area contributed by atoms with Gasteiger partial charge in [0.25, 0.3) is 0 Å². The molecule has 4 nitrogen and oxygen atoms in total. The summed E-state index contributed by atoms with van der Waals surface area (Å²) < 4.78 is 25.1. The first kappa shape index (κ1) is 16.9. The van der Waals surface area contributed by atoms with Gasteiger partial charge in [-0.1, -0.05) is 6.92 Å². The summed E-state index contributed by atoms with van der Waals surface area (Å²) in [6, 6.07) is 2.51. The van der Waals surface area contributed by atoms with Crippen molar-refractivity contribution in [2.45, 2.75) is 39.2 Å². The van der Waals surface area contributed by atoms with E-state index in [4.69, 9.17) is 0 Å². The molecule has 21 heavy (non-hydrogen) atoms. The van der Waals surface area contributed by atoms with Gasteiger partial charge in [-0.25, -0.2) is 12.7 Å². The van der Waals surface area contributed by atoms with E-state index >= 15 is 0 Å². The Bertz CT molecular complexity index is 554. The molecular weight excluding hydrogens is 304 g/mol. The highest BCUT2D eigenvalue weighted by molar-refractivity contribution is 7.88. The molecule has 0 aliphatic carbocycles. The summed E-state index contributed by atoms with van der Waals surface area (Å²) in [5.74, 6) is 0.444. The zero-order valence-electron chi connectivity index (χ0n) is 13.1. The maximum absolute atomic E-state index is 11.7. The maximum Gasteiger partial charge on any atom is 0.211 e. The van der Waals surface area contributed by atoms with Gasteiger partial charge in [0.2, 0.25) is 10.0 Å². The van der Waals surface area contributed by atoms with Crippen molar-refractivity contribution < 1.29 is 8.42 Å². The number of nitrogens with one attached hydrogen (secondary N) is 1. The molecule has 0 radical (unpaired) electrons. The highest BCUT2D eigenvalue weighted by Gasteiger charge is 2.28. The van der Waals surface area contributed by atoms with E-state index in [9.17, 15) is 8.42 Å². The summed E-state index contributed by atoms with van der Waals surface area (Å²) in [7, 11) is -3.05. The molecule has 6 heteroatoms. The first-order chi connectivity index (χ1) is 9.91. The Kier molecular flexibility index (Phi) is 5.82. The number of hydrogen-bond acceptors (Lipinski definition) is 4. The number of rotatable bonds is 6. The van der Waals surface area contributed by atoms with Crippen molar-refractivity contribution >= 4 is 21.4 Å². The number of aryl methyl sites for hydroxylation is 1. The minimum absolute atomic E-state index is 0.347. The van der Waals surface area contributed by atoms with Crippen molar-refractivity contribution in [2.75, 3.05) is 25.9 Å². The van der Waals surface area contributed by atoms with Crippen LogP contribution in [0.5, 0.6) is 0 Å². The third-order valence-electron chi connectivity index (χ3n) is 4.19. The van der Waals surface area contributed by atoms with Gasteiger partial charge in [-0.05, 0) is 55.7 Å². The number of piperidine rings is 1. The van der Waals surface area contributed by atoms with Gasteiger partial charge in [-0.2, -0.15) is 0 Å². The Morgan fingerprint density at radius 1 is 1.52 bits per heavy atom. The second kappa shape index (κ2) is 7.22. The smallest absolute Gasteiger partial charge is 0.211 e. The summed E-state index contributed by atoms with van der Waals surface area (Å²) >= 11 is 1.80. The van der Waals surface area contributed by atoms with Crippen LogP contribution in [0.25, 0.3) is 0 Å². The number of hydrogen-bond donors (Lipinski definition) is 1. The molecule has 1 aromatic rings. The predicted octanol–water partition coefficient (Wildman–Crippen LogP) is 2.77. The van der Waals surface area contributed by atoms with Crippen LogP contribution in [0.2, 0.25) is 0 Å². The van der Waals surface area contributed by atoms with Gasteiger partial charge in [-0.3, -0.25) is 0 Å². The fourth-order valence-corrected chi connectivity index (χ4v) is 5.08. The molecular formula is C15H26N2O2S2. The molecule has 1 N–H and O–H groups in total. The Hall–Kier alpha value is -0.430. The molecule has 2 unspecified atom stereocenters. The third-order valence-corrected chi connectivity index (χ3v) is 6.59. The fraction of sp³-hybridized carbons (Fsp3) is 0.733. The van der Waals surface area contributed by atoms with E-state index in [1.54, 1.807) is 15.6 Å². The van der Waals surface area contributed by atoms with Crippen molar-refractivity contribution in [1.82, 2.24) is 9.62 Å². The van der Waals surface area contributed by atoms with Crippen LogP contribution < -0.4 is 5.32 Å². The number of sulfonamides is 1. The van der Waals surface area contributed by atoms with Gasteiger partial charge in [0.05, 0.1) is 6.26 Å². The summed E-state index contributed by atoms with van der Waals surface area (Å²) in [6.07, 6.45) is 4.43. The average molecular weight is 331 g/mol. The molecule has 1 saturated heterocycles. The molecule has 1 aromatic heterocycles. The molecule has 0 saturated carbocycles. The van der Waals surface area contributed by atoms with Gasteiger partial charge in [0, 0.05) is 24.0 Å². The zero-order valence-corrected chi connectivity index (χ0v) is 14.8. The molecule has 120 valence electrons. The zero-order chi connectivity index (χ0) is 15.5. The molecule has 1 fully saturated rings. The molecule has 0 aromatic carbocycles. The topological polar surface area (TPSA) is 49.4 Å². The monoisotopic (exact) mass is 330 g/mol. The first-order valence-electron chi connectivity index (χ1n) is 7.64. The van der Waals surface area contributed by atoms with Gasteiger partial charge in [0.15, 0.2) is 0 Å². The minimum atomic E-state index is -3.05. The number of nitrogens with zero attached hydrogens (tertiary/aromatic N) is 1. The minimum Gasteiger partial charge on any atom is -0.310 e. The fourth-order valence-electron chi connectivity index (χ4n) is 3.12. The van der Waals surface area contributed by atoms with Crippen LogP contribution in [0.3, 0.4) is 0 Å². The van der Waals surface area contributed by atoms with Gasteiger partial charge in [-0.15, -0.1) is 11.3 Å². The summed E-state index contributed by atoms with van der Waals surface area (Å²) in [5.41, 5.74) is 1.33. The van der Waals surface area contributed by atoms with Gasteiger partial charge >= 0.3 is 0 Å². The van der Waals surface area contributed by atoms with E-state index in [1.807, 2.05) is 0 Å². The van der Waals surface area contributed by atoms with Crippen molar-refractivity contribution in [3.05, 3.63) is 21.9 Å². The summed E-state index contributed by atoms with van der Waals surface area (Å²) in [4.78, 5) is 1.40. The van der Waals surface area contributed by atoms with Crippen molar-refractivity contribution in [3.63, 3.8) is 0 Å². The van der Waals surface area contributed by atoms with Crippen LogP contribution in [0.15, 0.2) is 11.4 Å². The highest BCUT2D eigenvalue weighted by Crippen LogP contribution is 2.32. The molecule has 1 aliphatic heterocycles. The Balaban J connectivity index is 2.05. The van der Waals surface area contributed by atoms with Gasteiger partial charge < -0.3 is 5.32 Å². The van der Waals surface area contributed by atoms with E-state index in [0.29, 0.717) is 25.0 Å². The molecule has 2 rings (SSSR count). The Morgan fingerprint density at radius 3 is 2.86 bits per heavy atom. The Morgan fingerprint density at radius 2 is 2.29 bits per heavy atom. The second-order valence-electron chi connectivity index (χ2n) is 5.94. The van der Waals surface area contributed by atoms with Crippen LogP contribution >= 0.6 is 11.3 Å². The molecule has 2 heterocycles. The SMILES string of the molecule is CCNC(CC1CCCN(S(C)(=O)=O)C1)c1sccc1C.